The molecule has 0 bridgehead atoms. The molecule has 1 heterocycles. The first kappa shape index (κ1) is 14.8. The molecule has 2 rings (SSSR count). The van der Waals surface area contributed by atoms with Crippen LogP contribution in [-0.2, 0) is 10.0 Å². The molecule has 4 nitrogen and oxygen atoms in total. The van der Waals surface area contributed by atoms with Crippen LogP contribution in [0.25, 0.3) is 0 Å². The molecule has 1 saturated heterocycles. The molecule has 1 fully saturated rings. The van der Waals surface area contributed by atoms with E-state index in [4.69, 9.17) is 11.6 Å². The van der Waals surface area contributed by atoms with Crippen molar-refractivity contribution >= 4 is 21.6 Å². The first-order valence-electron chi connectivity index (χ1n) is 6.46. The van der Waals surface area contributed by atoms with Gasteiger partial charge in [0.1, 0.15) is 4.90 Å². The Morgan fingerprint density at radius 3 is 2.95 bits per heavy atom. The van der Waals surface area contributed by atoms with E-state index < -0.39 is 10.0 Å². The van der Waals surface area contributed by atoms with Gasteiger partial charge in [0.05, 0.1) is 5.02 Å². The predicted octanol–water partition coefficient (Wildman–Crippen LogP) is 1.93. The molecule has 0 aromatic heterocycles. The third-order valence-corrected chi connectivity index (χ3v) is 5.49. The summed E-state index contributed by atoms with van der Waals surface area (Å²) < 4.78 is 27.1. The topological polar surface area (TPSA) is 58.2 Å². The van der Waals surface area contributed by atoms with Gasteiger partial charge < -0.3 is 5.32 Å². The molecule has 106 valence electrons. The zero-order chi connectivity index (χ0) is 13.9. The summed E-state index contributed by atoms with van der Waals surface area (Å²) in [7, 11) is -3.52. The summed E-state index contributed by atoms with van der Waals surface area (Å²) in [5.74, 6) is 0.354. The van der Waals surface area contributed by atoms with Gasteiger partial charge in [0.25, 0.3) is 0 Å². The number of benzene rings is 1. The molecule has 0 spiro atoms. The summed E-state index contributed by atoms with van der Waals surface area (Å²) in [6, 6.07) is 5.04. The van der Waals surface area contributed by atoms with Crippen molar-refractivity contribution in [3.8, 4) is 0 Å². The van der Waals surface area contributed by atoms with E-state index in [1.54, 1.807) is 19.1 Å². The summed E-state index contributed by atoms with van der Waals surface area (Å²) in [4.78, 5) is 0.165. The zero-order valence-corrected chi connectivity index (χ0v) is 12.5. The molecule has 0 amide bonds. The average Bonchev–Trinajstić information content (AvgIpc) is 2.41. The molecule has 1 aromatic rings. The van der Waals surface area contributed by atoms with Crippen LogP contribution in [0.3, 0.4) is 0 Å². The van der Waals surface area contributed by atoms with Crippen molar-refractivity contribution in [1.29, 1.82) is 0 Å². The van der Waals surface area contributed by atoms with Gasteiger partial charge in [-0.3, -0.25) is 0 Å². The Morgan fingerprint density at radius 1 is 1.47 bits per heavy atom. The zero-order valence-electron chi connectivity index (χ0n) is 10.9. The first-order chi connectivity index (χ1) is 9.00. The Kier molecular flexibility index (Phi) is 4.84. The average molecular weight is 303 g/mol. The highest BCUT2D eigenvalue weighted by Crippen LogP contribution is 2.24. The van der Waals surface area contributed by atoms with Crippen molar-refractivity contribution in [2.45, 2.75) is 24.7 Å². The van der Waals surface area contributed by atoms with Gasteiger partial charge in [-0.15, -0.1) is 0 Å². The third-order valence-electron chi connectivity index (χ3n) is 3.41. The molecule has 1 aliphatic rings. The Morgan fingerprint density at radius 2 is 2.26 bits per heavy atom. The van der Waals surface area contributed by atoms with Gasteiger partial charge in [-0.2, -0.15) is 0 Å². The van der Waals surface area contributed by atoms with Crippen LogP contribution >= 0.6 is 11.6 Å². The quantitative estimate of drug-likeness (QED) is 0.893. The van der Waals surface area contributed by atoms with E-state index in [2.05, 4.69) is 10.0 Å². The van der Waals surface area contributed by atoms with E-state index in [1.807, 2.05) is 0 Å². The van der Waals surface area contributed by atoms with E-state index in [0.717, 1.165) is 31.5 Å². The van der Waals surface area contributed by atoms with Crippen molar-refractivity contribution in [2.75, 3.05) is 19.6 Å². The monoisotopic (exact) mass is 302 g/mol. The fourth-order valence-electron chi connectivity index (χ4n) is 2.23. The van der Waals surface area contributed by atoms with Crippen molar-refractivity contribution in [1.82, 2.24) is 10.0 Å². The largest absolute Gasteiger partial charge is 0.316 e. The van der Waals surface area contributed by atoms with Crippen LogP contribution in [0.5, 0.6) is 0 Å². The highest BCUT2D eigenvalue weighted by atomic mass is 35.5. The molecular formula is C13H19ClN2O2S. The molecule has 1 aromatic carbocycles. The van der Waals surface area contributed by atoms with Gasteiger partial charge in [-0.1, -0.05) is 23.7 Å². The highest BCUT2D eigenvalue weighted by molar-refractivity contribution is 7.89. The molecular weight excluding hydrogens is 284 g/mol. The summed E-state index contributed by atoms with van der Waals surface area (Å²) in [6.07, 6.45) is 2.15. The molecule has 2 N–H and O–H groups in total. The maximum atomic E-state index is 12.2. The van der Waals surface area contributed by atoms with Crippen LogP contribution in [0.2, 0.25) is 5.02 Å². The highest BCUT2D eigenvalue weighted by Gasteiger charge is 2.21. The number of rotatable bonds is 4. The lowest BCUT2D eigenvalue weighted by Gasteiger charge is -2.23. The van der Waals surface area contributed by atoms with E-state index in [-0.39, 0.29) is 4.90 Å². The number of nitrogens with one attached hydrogen (secondary N) is 2. The Labute approximate surface area is 119 Å². The minimum atomic E-state index is -3.52. The van der Waals surface area contributed by atoms with Crippen LogP contribution in [0.15, 0.2) is 23.1 Å². The van der Waals surface area contributed by atoms with E-state index in [9.17, 15) is 8.42 Å². The van der Waals surface area contributed by atoms with Crippen molar-refractivity contribution in [2.24, 2.45) is 5.92 Å². The lowest BCUT2D eigenvalue weighted by atomic mass is 10.0. The second kappa shape index (κ2) is 6.22. The van der Waals surface area contributed by atoms with Crippen molar-refractivity contribution in [3.63, 3.8) is 0 Å². The molecule has 19 heavy (non-hydrogen) atoms. The van der Waals surface area contributed by atoms with E-state index in [0.29, 0.717) is 17.5 Å². The summed E-state index contributed by atoms with van der Waals surface area (Å²) in [5.41, 5.74) is 0.767. The van der Waals surface area contributed by atoms with E-state index in [1.165, 1.54) is 6.07 Å². The van der Waals surface area contributed by atoms with Gasteiger partial charge in [-0.25, -0.2) is 13.1 Å². The Bertz CT molecular complexity index is 540. The fourth-order valence-corrected chi connectivity index (χ4v) is 3.93. The number of halogens is 1. The van der Waals surface area contributed by atoms with Gasteiger partial charge in [0, 0.05) is 6.54 Å². The molecule has 6 heteroatoms. The normalized spacial score (nSPS) is 20.4. The molecule has 1 aliphatic heterocycles. The predicted molar refractivity (Wildman–Crippen MR) is 77.0 cm³/mol. The molecule has 0 aliphatic carbocycles. The summed E-state index contributed by atoms with van der Waals surface area (Å²) >= 11 is 6.07. The number of piperidine rings is 1. The first-order valence-corrected chi connectivity index (χ1v) is 8.32. The Balaban J connectivity index is 2.07. The standard InChI is InChI=1S/C13H19ClN2O2S/c1-10-4-2-6-12(13(10)14)19(17,18)16-9-11-5-3-7-15-8-11/h2,4,6,11,15-16H,3,5,7-9H2,1H3/t11-/m1/s1. The molecule has 0 saturated carbocycles. The molecule has 1 atom stereocenters. The van der Waals surface area contributed by atoms with Crippen LogP contribution in [0, 0.1) is 12.8 Å². The van der Waals surface area contributed by atoms with Crippen molar-refractivity contribution in [3.05, 3.63) is 28.8 Å². The van der Waals surface area contributed by atoms with Crippen LogP contribution in [0.1, 0.15) is 18.4 Å². The maximum absolute atomic E-state index is 12.2. The van der Waals surface area contributed by atoms with Crippen LogP contribution < -0.4 is 10.0 Å². The minimum Gasteiger partial charge on any atom is -0.316 e. The summed E-state index contributed by atoms with van der Waals surface area (Å²) in [6.45, 7) is 4.14. The van der Waals surface area contributed by atoms with Crippen molar-refractivity contribution < 1.29 is 8.42 Å². The number of sulfonamides is 1. The lowest BCUT2D eigenvalue weighted by molar-refractivity contribution is 0.376. The van der Waals surface area contributed by atoms with Crippen LogP contribution in [0.4, 0.5) is 0 Å². The Hall–Kier alpha value is -0.620. The minimum absolute atomic E-state index is 0.165. The lowest BCUT2D eigenvalue weighted by Crippen LogP contribution is -2.38. The van der Waals surface area contributed by atoms with Gasteiger partial charge in [0.15, 0.2) is 0 Å². The molecule has 0 radical (unpaired) electrons. The van der Waals surface area contributed by atoms with E-state index >= 15 is 0 Å². The number of hydrogen-bond acceptors (Lipinski definition) is 3. The number of aryl methyl sites for hydroxylation is 1. The van der Waals surface area contributed by atoms with Gasteiger partial charge >= 0.3 is 0 Å². The van der Waals surface area contributed by atoms with Gasteiger partial charge in [-0.05, 0) is 50.4 Å². The smallest absolute Gasteiger partial charge is 0.242 e. The second-order valence-corrected chi connectivity index (χ2v) is 7.06. The van der Waals surface area contributed by atoms with Gasteiger partial charge in [0.2, 0.25) is 10.0 Å². The SMILES string of the molecule is Cc1cccc(S(=O)(=O)NC[C@@H]2CCCNC2)c1Cl. The van der Waals surface area contributed by atoms with Crippen LogP contribution in [-0.4, -0.2) is 28.1 Å². The summed E-state index contributed by atoms with van der Waals surface area (Å²) in [5, 5.41) is 3.57. The number of hydrogen-bond donors (Lipinski definition) is 2. The molecule has 0 unspecified atom stereocenters. The fraction of sp³-hybridized carbons (Fsp3) is 0.538. The second-order valence-electron chi connectivity index (χ2n) is 4.95. The maximum Gasteiger partial charge on any atom is 0.242 e. The third kappa shape index (κ3) is 3.69.